The van der Waals surface area contributed by atoms with Gasteiger partial charge >= 0.3 is 5.97 Å². The van der Waals surface area contributed by atoms with Crippen molar-refractivity contribution in [1.29, 1.82) is 0 Å². The van der Waals surface area contributed by atoms with Crippen LogP contribution < -0.4 is 0 Å². The van der Waals surface area contributed by atoms with Gasteiger partial charge in [0.15, 0.2) is 0 Å². The van der Waals surface area contributed by atoms with Crippen molar-refractivity contribution in [3.63, 3.8) is 0 Å². The normalized spacial score (nSPS) is 18.1. The van der Waals surface area contributed by atoms with E-state index in [9.17, 15) is 9.59 Å². The summed E-state index contributed by atoms with van der Waals surface area (Å²) in [5, 5.41) is 9.02. The van der Waals surface area contributed by atoms with Crippen molar-refractivity contribution in [2.24, 2.45) is 5.92 Å². The van der Waals surface area contributed by atoms with Crippen LogP contribution in [0.5, 0.6) is 0 Å². The van der Waals surface area contributed by atoms with E-state index in [2.05, 4.69) is 44.0 Å². The van der Waals surface area contributed by atoms with Gasteiger partial charge in [0, 0.05) is 18.7 Å². The number of nitrogens with zero attached hydrogens (tertiary/aromatic N) is 2. The molecule has 27 heavy (non-hydrogen) atoms. The highest BCUT2D eigenvalue weighted by atomic mass is 16.4. The van der Waals surface area contributed by atoms with Crippen LogP contribution in [0.15, 0.2) is 42.0 Å². The number of carboxylic acid groups (broad SMARTS) is 1. The van der Waals surface area contributed by atoms with E-state index in [1.54, 1.807) is 6.07 Å². The fraction of sp³-hybridized carbons (Fsp3) is 0.500. The number of hydrogen-bond donors (Lipinski definition) is 1. The minimum atomic E-state index is -1.02. The highest BCUT2D eigenvalue weighted by Gasteiger charge is 2.28. The molecule has 2 heterocycles. The molecule has 0 aromatic carbocycles. The van der Waals surface area contributed by atoms with Crippen LogP contribution in [-0.2, 0) is 11.2 Å². The molecule has 1 aliphatic heterocycles. The standard InChI is InChI=1S/C22H30N2O3/c1-16(2)15-17(3)7-4-10-19-12-13-21(25)24(19)14-6-9-18-8-5-11-20(23-18)22(26)27/h4-5,7-8,10-11,16,19H,6,9,12-15H2,1-3H3,(H,26,27)/b10-4+,17-7+/t19-/m0/s1. The quantitative estimate of drug-likeness (QED) is 0.660. The second-order valence-electron chi connectivity index (χ2n) is 7.61. The van der Waals surface area contributed by atoms with Crippen molar-refractivity contribution >= 4 is 11.9 Å². The molecule has 1 amide bonds. The minimum absolute atomic E-state index is 0.0640. The number of aromatic nitrogens is 1. The molecule has 1 saturated heterocycles. The lowest BCUT2D eigenvalue weighted by molar-refractivity contribution is -0.128. The molecule has 0 bridgehead atoms. The molecule has 1 atom stereocenters. The van der Waals surface area contributed by atoms with E-state index in [0.29, 0.717) is 25.3 Å². The number of pyridine rings is 1. The van der Waals surface area contributed by atoms with Gasteiger partial charge in [0.1, 0.15) is 5.69 Å². The smallest absolute Gasteiger partial charge is 0.354 e. The Hall–Kier alpha value is -2.43. The topological polar surface area (TPSA) is 70.5 Å². The van der Waals surface area contributed by atoms with Crippen LogP contribution in [0.2, 0.25) is 0 Å². The second kappa shape index (κ2) is 10.0. The maximum Gasteiger partial charge on any atom is 0.354 e. The first-order valence-corrected chi connectivity index (χ1v) is 9.69. The van der Waals surface area contributed by atoms with Crippen LogP contribution in [0, 0.1) is 5.92 Å². The number of likely N-dealkylation sites (tertiary alicyclic amines) is 1. The van der Waals surface area contributed by atoms with Crippen molar-refractivity contribution < 1.29 is 14.7 Å². The molecule has 1 aliphatic rings. The zero-order valence-corrected chi connectivity index (χ0v) is 16.5. The zero-order valence-electron chi connectivity index (χ0n) is 16.5. The number of carbonyl (C=O) groups is 2. The number of aryl methyl sites for hydroxylation is 1. The number of carboxylic acids is 1. The molecule has 0 spiro atoms. The molecular formula is C22H30N2O3. The lowest BCUT2D eigenvalue weighted by atomic mass is 10.0. The number of hydrogen-bond acceptors (Lipinski definition) is 3. The SMILES string of the molecule is C/C(=C\C=C\[C@H]1CCC(=O)N1CCCc1cccc(C(=O)O)n1)CC(C)C. The fourth-order valence-corrected chi connectivity index (χ4v) is 3.47. The summed E-state index contributed by atoms with van der Waals surface area (Å²) < 4.78 is 0. The van der Waals surface area contributed by atoms with Crippen molar-refractivity contribution in [3.8, 4) is 0 Å². The molecule has 1 aromatic heterocycles. The van der Waals surface area contributed by atoms with Crippen molar-refractivity contribution in [3.05, 3.63) is 53.4 Å². The summed E-state index contributed by atoms with van der Waals surface area (Å²) in [4.78, 5) is 29.3. The van der Waals surface area contributed by atoms with Gasteiger partial charge in [-0.25, -0.2) is 9.78 Å². The maximum absolute atomic E-state index is 12.2. The van der Waals surface area contributed by atoms with Crippen LogP contribution in [0.1, 0.15) is 62.6 Å². The summed E-state index contributed by atoms with van der Waals surface area (Å²) in [6.45, 7) is 7.22. The van der Waals surface area contributed by atoms with Gasteiger partial charge < -0.3 is 10.0 Å². The number of carbonyl (C=O) groups excluding carboxylic acids is 1. The first kappa shape index (κ1) is 20.9. The highest BCUT2D eigenvalue weighted by molar-refractivity contribution is 5.85. The van der Waals surface area contributed by atoms with E-state index in [0.717, 1.165) is 25.0 Å². The molecule has 2 rings (SSSR count). The van der Waals surface area contributed by atoms with Crippen molar-refractivity contribution in [2.45, 2.75) is 58.9 Å². The first-order chi connectivity index (χ1) is 12.9. The molecule has 0 radical (unpaired) electrons. The number of amides is 1. The summed E-state index contributed by atoms with van der Waals surface area (Å²) in [6, 6.07) is 5.19. The van der Waals surface area contributed by atoms with Gasteiger partial charge in [-0.15, -0.1) is 0 Å². The molecule has 0 aliphatic carbocycles. The number of rotatable bonds is 9. The second-order valence-corrected chi connectivity index (χ2v) is 7.61. The lowest BCUT2D eigenvalue weighted by Crippen LogP contribution is -2.32. The van der Waals surface area contributed by atoms with E-state index in [1.807, 2.05) is 11.0 Å². The molecule has 146 valence electrons. The van der Waals surface area contributed by atoms with Crippen LogP contribution in [0.4, 0.5) is 0 Å². The van der Waals surface area contributed by atoms with Gasteiger partial charge in [-0.2, -0.15) is 0 Å². The van der Waals surface area contributed by atoms with Gasteiger partial charge in [-0.1, -0.05) is 43.7 Å². The van der Waals surface area contributed by atoms with E-state index in [1.165, 1.54) is 11.6 Å². The summed E-state index contributed by atoms with van der Waals surface area (Å²) in [5.41, 5.74) is 2.16. The highest BCUT2D eigenvalue weighted by Crippen LogP contribution is 2.21. The average Bonchev–Trinajstić information content (AvgIpc) is 2.95. The Balaban J connectivity index is 1.89. The van der Waals surface area contributed by atoms with Gasteiger partial charge in [0.2, 0.25) is 5.91 Å². The predicted molar refractivity (Wildman–Crippen MR) is 107 cm³/mol. The summed E-state index contributed by atoms with van der Waals surface area (Å²) in [7, 11) is 0. The molecular weight excluding hydrogens is 340 g/mol. The van der Waals surface area contributed by atoms with E-state index >= 15 is 0 Å². The Morgan fingerprint density at radius 3 is 2.89 bits per heavy atom. The van der Waals surface area contributed by atoms with Gasteiger partial charge in [-0.3, -0.25) is 4.79 Å². The Bertz CT molecular complexity index is 722. The Kier molecular flexibility index (Phi) is 7.77. The van der Waals surface area contributed by atoms with Crippen molar-refractivity contribution in [1.82, 2.24) is 9.88 Å². The molecule has 5 nitrogen and oxygen atoms in total. The Morgan fingerprint density at radius 1 is 1.41 bits per heavy atom. The minimum Gasteiger partial charge on any atom is -0.477 e. The molecule has 0 unspecified atom stereocenters. The van der Waals surface area contributed by atoms with Crippen LogP contribution in [-0.4, -0.2) is 39.5 Å². The molecule has 1 fully saturated rings. The molecule has 5 heteroatoms. The summed E-state index contributed by atoms with van der Waals surface area (Å²) in [6.07, 6.45) is 10.3. The van der Waals surface area contributed by atoms with E-state index in [4.69, 9.17) is 5.11 Å². The maximum atomic E-state index is 12.2. The van der Waals surface area contributed by atoms with Crippen LogP contribution in [0.25, 0.3) is 0 Å². The lowest BCUT2D eigenvalue weighted by Gasteiger charge is -2.22. The number of allylic oxidation sites excluding steroid dienone is 3. The molecule has 1 N–H and O–H groups in total. The first-order valence-electron chi connectivity index (χ1n) is 9.69. The summed E-state index contributed by atoms with van der Waals surface area (Å²) in [5.74, 6) is -0.176. The molecule has 1 aromatic rings. The third kappa shape index (κ3) is 6.66. The third-order valence-corrected chi connectivity index (χ3v) is 4.68. The summed E-state index contributed by atoms with van der Waals surface area (Å²) >= 11 is 0. The predicted octanol–water partition coefficient (Wildman–Crippen LogP) is 4.25. The van der Waals surface area contributed by atoms with Gasteiger partial charge in [0.05, 0.1) is 6.04 Å². The number of aromatic carboxylic acids is 1. The van der Waals surface area contributed by atoms with Gasteiger partial charge in [0.25, 0.3) is 0 Å². The van der Waals surface area contributed by atoms with Crippen LogP contribution in [0.3, 0.4) is 0 Å². The van der Waals surface area contributed by atoms with Crippen molar-refractivity contribution in [2.75, 3.05) is 6.54 Å². The van der Waals surface area contributed by atoms with Crippen LogP contribution >= 0.6 is 0 Å². The Labute approximate surface area is 161 Å². The zero-order chi connectivity index (χ0) is 19.8. The third-order valence-electron chi connectivity index (χ3n) is 4.68. The fourth-order valence-electron chi connectivity index (χ4n) is 3.47. The monoisotopic (exact) mass is 370 g/mol. The van der Waals surface area contributed by atoms with E-state index in [-0.39, 0.29) is 17.6 Å². The van der Waals surface area contributed by atoms with E-state index < -0.39 is 5.97 Å². The average molecular weight is 370 g/mol. The Morgan fingerprint density at radius 2 is 2.19 bits per heavy atom. The van der Waals surface area contributed by atoms with Gasteiger partial charge in [-0.05, 0) is 50.7 Å². The molecule has 0 saturated carbocycles. The largest absolute Gasteiger partial charge is 0.477 e.